The van der Waals surface area contributed by atoms with Crippen LogP contribution in [0.1, 0.15) is 11.3 Å². The van der Waals surface area contributed by atoms with Gasteiger partial charge in [0.25, 0.3) is 0 Å². The number of rotatable bonds is 2. The van der Waals surface area contributed by atoms with Crippen LogP contribution in [0.25, 0.3) is 11.3 Å². The fourth-order valence-electron chi connectivity index (χ4n) is 1.32. The minimum atomic E-state index is 0.360. The van der Waals surface area contributed by atoms with Crippen LogP contribution in [0, 0.1) is 6.92 Å². The van der Waals surface area contributed by atoms with Gasteiger partial charge in [-0.25, -0.2) is 0 Å². The van der Waals surface area contributed by atoms with Gasteiger partial charge in [-0.05, 0) is 13.0 Å². The Morgan fingerprint density at radius 3 is 2.86 bits per heavy atom. The lowest BCUT2D eigenvalue weighted by atomic mass is 10.1. The molecule has 2 aromatic rings. The maximum Gasteiger partial charge on any atom is 0.152 e. The smallest absolute Gasteiger partial charge is 0.152 e. The Balaban J connectivity index is 2.39. The van der Waals surface area contributed by atoms with E-state index in [1.807, 2.05) is 31.2 Å². The van der Waals surface area contributed by atoms with Crippen molar-refractivity contribution in [2.75, 3.05) is 0 Å². The van der Waals surface area contributed by atoms with Crippen LogP contribution < -0.4 is 0 Å². The molecule has 0 atom stereocenters. The predicted octanol–water partition coefficient (Wildman–Crippen LogP) is 3.39. The standard InChI is InChI=1S/C11H10ClNO/c1-8-3-2-4-9(5-8)11-6-10(7-12)14-13-11/h2-6H,7H2,1H3. The van der Waals surface area contributed by atoms with E-state index < -0.39 is 0 Å². The molecule has 0 aliphatic carbocycles. The van der Waals surface area contributed by atoms with Gasteiger partial charge in [-0.2, -0.15) is 0 Å². The molecule has 1 aromatic carbocycles. The van der Waals surface area contributed by atoms with Crippen LogP contribution in [0.15, 0.2) is 34.9 Å². The quantitative estimate of drug-likeness (QED) is 0.706. The van der Waals surface area contributed by atoms with Gasteiger partial charge < -0.3 is 4.52 Å². The zero-order valence-electron chi connectivity index (χ0n) is 7.83. The van der Waals surface area contributed by atoms with Crippen LogP contribution in [0.2, 0.25) is 0 Å². The number of aryl methyl sites for hydroxylation is 1. The first-order valence-corrected chi connectivity index (χ1v) is 4.91. The van der Waals surface area contributed by atoms with E-state index in [1.165, 1.54) is 5.56 Å². The van der Waals surface area contributed by atoms with E-state index in [1.54, 1.807) is 0 Å². The lowest BCUT2D eigenvalue weighted by Crippen LogP contribution is -1.77. The first-order chi connectivity index (χ1) is 6.79. The monoisotopic (exact) mass is 207 g/mol. The van der Waals surface area contributed by atoms with Crippen molar-refractivity contribution in [3.05, 3.63) is 41.7 Å². The molecule has 0 radical (unpaired) electrons. The van der Waals surface area contributed by atoms with E-state index in [4.69, 9.17) is 16.1 Å². The lowest BCUT2D eigenvalue weighted by molar-refractivity contribution is 0.396. The molecule has 0 spiro atoms. The van der Waals surface area contributed by atoms with Crippen molar-refractivity contribution in [3.8, 4) is 11.3 Å². The molecular formula is C11H10ClNO. The highest BCUT2D eigenvalue weighted by atomic mass is 35.5. The molecule has 2 rings (SSSR count). The van der Waals surface area contributed by atoms with Crippen molar-refractivity contribution in [2.45, 2.75) is 12.8 Å². The average Bonchev–Trinajstić information content (AvgIpc) is 2.66. The average molecular weight is 208 g/mol. The molecule has 14 heavy (non-hydrogen) atoms. The van der Waals surface area contributed by atoms with Gasteiger partial charge in [0.1, 0.15) is 5.69 Å². The number of benzene rings is 1. The summed E-state index contributed by atoms with van der Waals surface area (Å²) in [7, 11) is 0. The summed E-state index contributed by atoms with van der Waals surface area (Å²) in [5, 5.41) is 3.94. The molecule has 3 heteroatoms. The third kappa shape index (κ3) is 1.80. The van der Waals surface area contributed by atoms with E-state index in [0.717, 1.165) is 11.3 Å². The summed E-state index contributed by atoms with van der Waals surface area (Å²) in [4.78, 5) is 0. The second kappa shape index (κ2) is 3.84. The Bertz CT molecular complexity index is 436. The summed E-state index contributed by atoms with van der Waals surface area (Å²) in [5.41, 5.74) is 3.10. The van der Waals surface area contributed by atoms with Gasteiger partial charge >= 0.3 is 0 Å². The molecular weight excluding hydrogens is 198 g/mol. The summed E-state index contributed by atoms with van der Waals surface area (Å²) in [6, 6.07) is 9.98. The third-order valence-electron chi connectivity index (χ3n) is 2.00. The number of alkyl halides is 1. The molecule has 0 aliphatic heterocycles. The minimum Gasteiger partial charge on any atom is -0.359 e. The molecule has 0 saturated heterocycles. The first-order valence-electron chi connectivity index (χ1n) is 4.38. The Morgan fingerprint density at radius 1 is 1.36 bits per heavy atom. The topological polar surface area (TPSA) is 26.0 Å². The Kier molecular flexibility index (Phi) is 2.55. The van der Waals surface area contributed by atoms with Crippen molar-refractivity contribution in [2.24, 2.45) is 0 Å². The molecule has 0 bridgehead atoms. The highest BCUT2D eigenvalue weighted by Crippen LogP contribution is 2.20. The van der Waals surface area contributed by atoms with Gasteiger partial charge in [0.15, 0.2) is 5.76 Å². The van der Waals surface area contributed by atoms with Crippen LogP contribution >= 0.6 is 11.6 Å². The third-order valence-corrected chi connectivity index (χ3v) is 2.27. The van der Waals surface area contributed by atoms with Crippen LogP contribution in [0.3, 0.4) is 0 Å². The minimum absolute atomic E-state index is 0.360. The van der Waals surface area contributed by atoms with Gasteiger partial charge in [0, 0.05) is 11.6 Å². The Labute approximate surface area is 87.5 Å². The van der Waals surface area contributed by atoms with E-state index in [9.17, 15) is 0 Å². The van der Waals surface area contributed by atoms with E-state index in [0.29, 0.717) is 11.6 Å². The zero-order chi connectivity index (χ0) is 9.97. The van der Waals surface area contributed by atoms with Crippen molar-refractivity contribution in [1.82, 2.24) is 5.16 Å². The molecule has 0 saturated carbocycles. The summed E-state index contributed by atoms with van der Waals surface area (Å²) in [6.45, 7) is 2.05. The Hall–Kier alpha value is -1.28. The van der Waals surface area contributed by atoms with Crippen LogP contribution in [0.4, 0.5) is 0 Å². The number of halogens is 1. The molecule has 0 fully saturated rings. The molecule has 1 aromatic heterocycles. The second-order valence-corrected chi connectivity index (χ2v) is 3.45. The van der Waals surface area contributed by atoms with Crippen molar-refractivity contribution < 1.29 is 4.52 Å². The molecule has 72 valence electrons. The predicted molar refractivity (Wildman–Crippen MR) is 56.2 cm³/mol. The number of hydrogen-bond donors (Lipinski definition) is 0. The molecule has 1 heterocycles. The van der Waals surface area contributed by atoms with Gasteiger partial charge in [0.05, 0.1) is 5.88 Å². The first kappa shape index (κ1) is 9.28. The van der Waals surface area contributed by atoms with Crippen LogP contribution in [0.5, 0.6) is 0 Å². The summed E-state index contributed by atoms with van der Waals surface area (Å²) < 4.78 is 5.03. The van der Waals surface area contributed by atoms with Gasteiger partial charge in [-0.15, -0.1) is 11.6 Å². The van der Waals surface area contributed by atoms with Crippen molar-refractivity contribution in [1.29, 1.82) is 0 Å². The van der Waals surface area contributed by atoms with E-state index >= 15 is 0 Å². The largest absolute Gasteiger partial charge is 0.359 e. The normalized spacial score (nSPS) is 10.4. The van der Waals surface area contributed by atoms with Gasteiger partial charge in [0.2, 0.25) is 0 Å². The van der Waals surface area contributed by atoms with Crippen molar-refractivity contribution >= 4 is 11.6 Å². The number of aromatic nitrogens is 1. The fourth-order valence-corrected chi connectivity index (χ4v) is 1.44. The summed E-state index contributed by atoms with van der Waals surface area (Å²) in [5.74, 6) is 1.06. The summed E-state index contributed by atoms with van der Waals surface area (Å²) in [6.07, 6.45) is 0. The van der Waals surface area contributed by atoms with Crippen LogP contribution in [-0.4, -0.2) is 5.16 Å². The van der Waals surface area contributed by atoms with Gasteiger partial charge in [-0.1, -0.05) is 28.9 Å². The molecule has 0 aliphatic rings. The molecule has 0 amide bonds. The SMILES string of the molecule is Cc1cccc(-c2cc(CCl)on2)c1. The maximum atomic E-state index is 5.63. The number of hydrogen-bond acceptors (Lipinski definition) is 2. The van der Waals surface area contributed by atoms with Crippen molar-refractivity contribution in [3.63, 3.8) is 0 Å². The highest BCUT2D eigenvalue weighted by Gasteiger charge is 2.04. The zero-order valence-corrected chi connectivity index (χ0v) is 8.58. The number of nitrogens with zero attached hydrogens (tertiary/aromatic N) is 1. The Morgan fingerprint density at radius 2 is 2.21 bits per heavy atom. The van der Waals surface area contributed by atoms with Crippen LogP contribution in [-0.2, 0) is 5.88 Å². The molecule has 0 unspecified atom stereocenters. The van der Waals surface area contributed by atoms with E-state index in [2.05, 4.69) is 11.2 Å². The maximum absolute atomic E-state index is 5.63. The molecule has 0 N–H and O–H groups in total. The molecule has 2 nitrogen and oxygen atoms in total. The van der Waals surface area contributed by atoms with E-state index in [-0.39, 0.29) is 0 Å². The fraction of sp³-hybridized carbons (Fsp3) is 0.182. The second-order valence-electron chi connectivity index (χ2n) is 3.18. The van der Waals surface area contributed by atoms with Gasteiger partial charge in [-0.3, -0.25) is 0 Å². The lowest BCUT2D eigenvalue weighted by Gasteiger charge is -1.95. The highest BCUT2D eigenvalue weighted by molar-refractivity contribution is 6.16. The summed E-state index contributed by atoms with van der Waals surface area (Å²) >= 11 is 5.63.